The minimum absolute atomic E-state index is 0.107. The molecule has 138 valence electrons. The van der Waals surface area contributed by atoms with E-state index in [4.69, 9.17) is 37.4 Å². The summed E-state index contributed by atoms with van der Waals surface area (Å²) in [6, 6.07) is 10.1. The number of hydrogen-bond donors (Lipinski definition) is 0. The molecule has 5 nitrogen and oxygen atoms in total. The third kappa shape index (κ3) is 4.32. The van der Waals surface area contributed by atoms with Crippen LogP contribution in [0.5, 0.6) is 11.5 Å². The molecule has 0 aromatic heterocycles. The van der Waals surface area contributed by atoms with Crippen LogP contribution in [-0.4, -0.2) is 25.6 Å². The molecule has 7 heteroatoms. The van der Waals surface area contributed by atoms with Crippen LogP contribution in [0.2, 0.25) is 10.0 Å². The second kappa shape index (κ2) is 8.29. The maximum absolute atomic E-state index is 12.2. The fraction of sp³-hybridized carbons (Fsp3) is 0.100. The van der Waals surface area contributed by atoms with Crippen LogP contribution >= 0.6 is 23.2 Å². The lowest BCUT2D eigenvalue weighted by Crippen LogP contribution is -2.06. The van der Waals surface area contributed by atoms with Gasteiger partial charge in [-0.15, -0.1) is 0 Å². The number of methoxy groups -OCH3 is 1. The summed E-state index contributed by atoms with van der Waals surface area (Å²) in [5.41, 5.74) is 1.29. The molecule has 0 spiro atoms. The Morgan fingerprint density at radius 3 is 2.74 bits per heavy atom. The average molecular weight is 404 g/mol. The van der Waals surface area contributed by atoms with Crippen LogP contribution in [0.25, 0.3) is 6.08 Å². The molecule has 0 radical (unpaired) electrons. The number of esters is 1. The predicted octanol–water partition coefficient (Wildman–Crippen LogP) is 4.91. The van der Waals surface area contributed by atoms with Gasteiger partial charge in [0.05, 0.1) is 17.7 Å². The topological polar surface area (TPSA) is 57.1 Å². The van der Waals surface area contributed by atoms with Gasteiger partial charge in [0, 0.05) is 5.02 Å². The van der Waals surface area contributed by atoms with E-state index in [0.717, 1.165) is 0 Å². The maximum Gasteiger partial charge on any atom is 0.363 e. The van der Waals surface area contributed by atoms with Crippen LogP contribution in [0.1, 0.15) is 11.1 Å². The van der Waals surface area contributed by atoms with Crippen molar-refractivity contribution < 1.29 is 19.0 Å². The highest BCUT2D eigenvalue weighted by atomic mass is 35.5. The third-order valence-electron chi connectivity index (χ3n) is 3.63. The number of rotatable bonds is 6. The van der Waals surface area contributed by atoms with Crippen molar-refractivity contribution >= 4 is 41.1 Å². The first-order chi connectivity index (χ1) is 13.0. The zero-order chi connectivity index (χ0) is 19.4. The summed E-state index contributed by atoms with van der Waals surface area (Å²) in [5, 5.41) is 0.849. The lowest BCUT2D eigenvalue weighted by Gasteiger charge is -2.09. The SMILES string of the molecule is C=CCOc1cc(/C=C2\N=C(c3cc(Cl)ccc3Cl)OC2=O)ccc1OC. The molecule has 1 heterocycles. The standard InChI is InChI=1S/C20H15Cl2NO4/c1-3-8-26-18-10-12(4-7-17(18)25-2)9-16-20(24)27-19(23-16)14-11-13(21)5-6-15(14)22/h3-7,9-11H,1,8H2,2H3/b16-9-. The molecule has 0 bridgehead atoms. The van der Waals surface area contributed by atoms with Gasteiger partial charge in [-0.25, -0.2) is 9.79 Å². The van der Waals surface area contributed by atoms with E-state index >= 15 is 0 Å². The van der Waals surface area contributed by atoms with Crippen LogP contribution in [0.3, 0.4) is 0 Å². The van der Waals surface area contributed by atoms with E-state index < -0.39 is 5.97 Å². The first-order valence-corrected chi connectivity index (χ1v) is 8.67. The predicted molar refractivity (Wildman–Crippen MR) is 106 cm³/mol. The van der Waals surface area contributed by atoms with Gasteiger partial charge in [-0.05, 0) is 42.0 Å². The molecule has 0 amide bonds. The number of aliphatic imine (C=N–C) groups is 1. The van der Waals surface area contributed by atoms with E-state index in [1.54, 1.807) is 55.7 Å². The highest BCUT2D eigenvalue weighted by Crippen LogP contribution is 2.30. The molecule has 0 fully saturated rings. The molecule has 0 N–H and O–H groups in total. The number of cyclic esters (lactones) is 1. The largest absolute Gasteiger partial charge is 0.493 e. The molecule has 0 atom stereocenters. The smallest absolute Gasteiger partial charge is 0.363 e. The molecular formula is C20H15Cl2NO4. The molecular weight excluding hydrogens is 389 g/mol. The van der Waals surface area contributed by atoms with Crippen molar-refractivity contribution in [3.8, 4) is 11.5 Å². The summed E-state index contributed by atoms with van der Waals surface area (Å²) in [7, 11) is 1.55. The summed E-state index contributed by atoms with van der Waals surface area (Å²) in [5.74, 6) is 0.629. The van der Waals surface area contributed by atoms with E-state index in [1.807, 2.05) is 0 Å². The Morgan fingerprint density at radius 2 is 2.00 bits per heavy atom. The third-order valence-corrected chi connectivity index (χ3v) is 4.19. The van der Waals surface area contributed by atoms with Gasteiger partial charge >= 0.3 is 5.97 Å². The normalized spacial score (nSPS) is 14.7. The molecule has 0 saturated heterocycles. The van der Waals surface area contributed by atoms with Gasteiger partial charge in [0.2, 0.25) is 5.90 Å². The first-order valence-electron chi connectivity index (χ1n) is 7.91. The lowest BCUT2D eigenvalue weighted by molar-refractivity contribution is -0.129. The highest BCUT2D eigenvalue weighted by Gasteiger charge is 2.26. The fourth-order valence-electron chi connectivity index (χ4n) is 2.39. The molecule has 0 unspecified atom stereocenters. The van der Waals surface area contributed by atoms with Gasteiger partial charge in [0.1, 0.15) is 6.61 Å². The molecule has 0 aliphatic carbocycles. The summed E-state index contributed by atoms with van der Waals surface area (Å²) in [6.45, 7) is 3.95. The summed E-state index contributed by atoms with van der Waals surface area (Å²) in [4.78, 5) is 16.4. The van der Waals surface area contributed by atoms with Crippen LogP contribution in [0.4, 0.5) is 0 Å². The van der Waals surface area contributed by atoms with Crippen LogP contribution < -0.4 is 9.47 Å². The monoisotopic (exact) mass is 403 g/mol. The Bertz CT molecular complexity index is 966. The Kier molecular flexibility index (Phi) is 5.84. The molecule has 1 aliphatic rings. The van der Waals surface area contributed by atoms with Crippen LogP contribution in [0, 0.1) is 0 Å². The number of carbonyl (C=O) groups is 1. The molecule has 0 saturated carbocycles. The number of hydrogen-bond acceptors (Lipinski definition) is 5. The van der Waals surface area contributed by atoms with Crippen molar-refractivity contribution in [2.75, 3.05) is 13.7 Å². The van der Waals surface area contributed by atoms with Gasteiger partial charge in [-0.3, -0.25) is 0 Å². The number of ether oxygens (including phenoxy) is 3. The molecule has 3 rings (SSSR count). The highest BCUT2D eigenvalue weighted by molar-refractivity contribution is 6.36. The van der Waals surface area contributed by atoms with E-state index in [-0.39, 0.29) is 11.6 Å². The average Bonchev–Trinajstić information content (AvgIpc) is 3.02. The van der Waals surface area contributed by atoms with E-state index in [9.17, 15) is 4.79 Å². The Labute approximate surface area is 166 Å². The second-order valence-corrected chi connectivity index (χ2v) is 6.31. The zero-order valence-electron chi connectivity index (χ0n) is 14.4. The molecule has 2 aromatic rings. The number of benzene rings is 2. The summed E-state index contributed by atoms with van der Waals surface area (Å²) < 4.78 is 16.1. The maximum atomic E-state index is 12.2. The number of halogens is 2. The van der Waals surface area contributed by atoms with Gasteiger partial charge in [0.25, 0.3) is 0 Å². The molecule has 27 heavy (non-hydrogen) atoms. The van der Waals surface area contributed by atoms with E-state index in [1.165, 1.54) is 0 Å². The van der Waals surface area contributed by atoms with Crippen molar-refractivity contribution in [2.24, 2.45) is 4.99 Å². The quantitative estimate of drug-likeness (QED) is 0.390. The Hall–Kier alpha value is -2.76. The van der Waals surface area contributed by atoms with Gasteiger partial charge in [-0.2, -0.15) is 0 Å². The Morgan fingerprint density at radius 1 is 1.19 bits per heavy atom. The van der Waals surface area contributed by atoms with Gasteiger partial charge < -0.3 is 14.2 Å². The van der Waals surface area contributed by atoms with Crippen molar-refractivity contribution in [2.45, 2.75) is 0 Å². The first kappa shape index (κ1) is 19.0. The van der Waals surface area contributed by atoms with Crippen LogP contribution in [0.15, 0.2) is 59.7 Å². The minimum atomic E-state index is -0.578. The lowest BCUT2D eigenvalue weighted by atomic mass is 10.1. The number of carbonyl (C=O) groups excluding carboxylic acids is 1. The van der Waals surface area contributed by atoms with Crippen molar-refractivity contribution in [1.82, 2.24) is 0 Å². The second-order valence-electron chi connectivity index (χ2n) is 5.47. The van der Waals surface area contributed by atoms with Crippen molar-refractivity contribution in [3.63, 3.8) is 0 Å². The van der Waals surface area contributed by atoms with Crippen molar-refractivity contribution in [3.05, 3.63) is 75.9 Å². The van der Waals surface area contributed by atoms with Crippen molar-refractivity contribution in [1.29, 1.82) is 0 Å². The minimum Gasteiger partial charge on any atom is -0.493 e. The molecule has 2 aromatic carbocycles. The summed E-state index contributed by atoms with van der Waals surface area (Å²) >= 11 is 12.1. The fourth-order valence-corrected chi connectivity index (χ4v) is 2.76. The number of nitrogens with zero attached hydrogens (tertiary/aromatic N) is 1. The van der Waals surface area contributed by atoms with E-state index in [0.29, 0.717) is 39.3 Å². The summed E-state index contributed by atoms with van der Waals surface area (Å²) in [6.07, 6.45) is 3.22. The van der Waals surface area contributed by atoms with Gasteiger partial charge in [0.15, 0.2) is 17.2 Å². The van der Waals surface area contributed by atoms with E-state index in [2.05, 4.69) is 11.6 Å². The van der Waals surface area contributed by atoms with Crippen LogP contribution in [-0.2, 0) is 9.53 Å². The zero-order valence-corrected chi connectivity index (χ0v) is 15.9. The van der Waals surface area contributed by atoms with Gasteiger partial charge in [-0.1, -0.05) is 41.9 Å². The molecule has 1 aliphatic heterocycles. The Balaban J connectivity index is 1.94.